The summed E-state index contributed by atoms with van der Waals surface area (Å²) in [5.74, 6) is 0.496. The maximum Gasteiger partial charge on any atom is 0.293 e. The zero-order valence-electron chi connectivity index (χ0n) is 18.0. The fraction of sp³-hybridized carbons (Fsp3) is 0.120. The van der Waals surface area contributed by atoms with E-state index in [2.05, 4.69) is 45.2 Å². The number of hydrogen-bond acceptors (Lipinski definition) is 5. The molecule has 2 amide bonds. The zero-order valence-corrected chi connectivity index (χ0v) is 23.9. The van der Waals surface area contributed by atoms with Gasteiger partial charge in [0.15, 0.2) is 0 Å². The van der Waals surface area contributed by atoms with Crippen LogP contribution in [0, 0.1) is 13.0 Å². The molecule has 0 atom stereocenters. The first-order chi connectivity index (χ1) is 16.8. The molecule has 4 rings (SSSR count). The molecule has 1 aliphatic heterocycles. The van der Waals surface area contributed by atoms with E-state index >= 15 is 0 Å². The number of carbonyl (C=O) groups excluding carboxylic acids is 2. The zero-order chi connectivity index (χ0) is 24.9. The highest BCUT2D eigenvalue weighted by Gasteiger charge is 2.34. The van der Waals surface area contributed by atoms with Crippen molar-refractivity contribution in [2.45, 2.75) is 6.61 Å². The summed E-state index contributed by atoms with van der Waals surface area (Å²) in [6, 6.07) is 16.8. The molecule has 3 aromatic carbocycles. The Morgan fingerprint density at radius 2 is 1.63 bits per heavy atom. The third kappa shape index (κ3) is 6.89. The quantitative estimate of drug-likeness (QED) is 0.179. The molecule has 0 radical (unpaired) electrons. The van der Waals surface area contributed by atoms with Gasteiger partial charge < -0.3 is 9.47 Å². The predicted molar refractivity (Wildman–Crippen MR) is 152 cm³/mol. The molecule has 1 heterocycles. The smallest absolute Gasteiger partial charge is 0.293 e. The van der Waals surface area contributed by atoms with Crippen LogP contribution >= 0.6 is 68.5 Å². The van der Waals surface area contributed by atoms with Gasteiger partial charge in [0.05, 0.1) is 18.6 Å². The van der Waals surface area contributed by atoms with Crippen LogP contribution in [0.15, 0.2) is 65.6 Å². The van der Waals surface area contributed by atoms with E-state index in [-0.39, 0.29) is 30.1 Å². The third-order valence-corrected chi connectivity index (χ3v) is 7.65. The molecule has 1 aliphatic rings. The minimum Gasteiger partial charge on any atom is -0.492 e. The van der Waals surface area contributed by atoms with Crippen molar-refractivity contribution in [3.05, 3.63) is 94.7 Å². The number of hydrogen-bond donors (Lipinski definition) is 0. The highest BCUT2D eigenvalue weighted by atomic mass is 127. The Bertz CT molecular complexity index is 1260. The van der Waals surface area contributed by atoms with E-state index in [1.165, 1.54) is 24.3 Å². The Kier molecular flexibility index (Phi) is 8.95. The molecule has 0 bridgehead atoms. The average Bonchev–Trinajstić information content (AvgIpc) is 3.08. The summed E-state index contributed by atoms with van der Waals surface area (Å²) in [6.45, 7) is 0.625. The van der Waals surface area contributed by atoms with Crippen molar-refractivity contribution in [2.24, 2.45) is 0 Å². The van der Waals surface area contributed by atoms with Crippen LogP contribution in [0.3, 0.4) is 0 Å². The Hall–Kier alpha value is -1.83. The maximum absolute atomic E-state index is 13.0. The monoisotopic (exact) mass is 735 g/mol. The summed E-state index contributed by atoms with van der Waals surface area (Å²) in [7, 11) is 0. The number of ether oxygens (including phenoxy) is 2. The van der Waals surface area contributed by atoms with Gasteiger partial charge in [-0.2, -0.15) is 0 Å². The molecule has 0 saturated carbocycles. The van der Waals surface area contributed by atoms with Crippen LogP contribution in [0.4, 0.5) is 9.18 Å². The molecular weight excluding hydrogens is 719 g/mol. The highest BCUT2D eigenvalue weighted by molar-refractivity contribution is 14.1. The lowest BCUT2D eigenvalue weighted by molar-refractivity contribution is -0.123. The first-order valence-electron chi connectivity index (χ1n) is 10.3. The number of halogens is 4. The van der Waals surface area contributed by atoms with Crippen LogP contribution in [0.25, 0.3) is 6.08 Å². The second-order valence-corrected chi connectivity index (χ2v) is 11.1. The summed E-state index contributed by atoms with van der Waals surface area (Å²) in [5, 5.41) is 0.323. The SMILES string of the molecule is O=C1S/C(=C\c2cc(I)c(OCc3ccc(Cl)cc3)c(I)c2)C(=O)N1CCOc1ccc(F)cc1. The first-order valence-corrected chi connectivity index (χ1v) is 13.7. The molecule has 180 valence electrons. The van der Waals surface area contributed by atoms with Gasteiger partial charge in [-0.3, -0.25) is 14.5 Å². The van der Waals surface area contributed by atoms with Crippen molar-refractivity contribution in [1.82, 2.24) is 4.90 Å². The van der Waals surface area contributed by atoms with E-state index in [9.17, 15) is 14.0 Å². The summed E-state index contributed by atoms with van der Waals surface area (Å²) < 4.78 is 26.3. The van der Waals surface area contributed by atoms with Crippen molar-refractivity contribution in [1.29, 1.82) is 0 Å². The molecular formula is C25H17ClFI2NO4S. The van der Waals surface area contributed by atoms with Gasteiger partial charge in [-0.1, -0.05) is 23.7 Å². The van der Waals surface area contributed by atoms with Crippen molar-refractivity contribution in [2.75, 3.05) is 13.2 Å². The minimum atomic E-state index is -0.365. The third-order valence-electron chi connectivity index (χ3n) is 4.89. The Balaban J connectivity index is 1.40. The molecule has 10 heteroatoms. The number of carbonyl (C=O) groups is 2. The van der Waals surface area contributed by atoms with E-state index in [0.717, 1.165) is 40.7 Å². The van der Waals surface area contributed by atoms with Crippen molar-refractivity contribution in [3.63, 3.8) is 0 Å². The Morgan fingerprint density at radius 1 is 0.971 bits per heavy atom. The number of nitrogens with zero attached hydrogens (tertiary/aromatic N) is 1. The molecule has 35 heavy (non-hydrogen) atoms. The standard InChI is InChI=1S/C25H17ClFI2NO4S/c26-17-3-1-15(2-4-17)14-34-23-20(28)11-16(12-21(23)29)13-22-24(31)30(25(32)35-22)9-10-33-19-7-5-18(27)6-8-19/h1-8,11-13H,9-10,14H2/b22-13-. The summed E-state index contributed by atoms with van der Waals surface area (Å²) >= 11 is 11.2. The van der Waals surface area contributed by atoms with Crippen LogP contribution in [-0.2, 0) is 11.4 Å². The van der Waals surface area contributed by atoms with Gasteiger partial charge in [-0.05, 0) is 123 Å². The fourth-order valence-corrected chi connectivity index (χ4v) is 6.29. The summed E-state index contributed by atoms with van der Waals surface area (Å²) in [5.41, 5.74) is 1.80. The molecule has 0 N–H and O–H groups in total. The minimum absolute atomic E-state index is 0.103. The van der Waals surface area contributed by atoms with Gasteiger partial charge in [0.25, 0.3) is 11.1 Å². The summed E-state index contributed by atoms with van der Waals surface area (Å²) in [6.07, 6.45) is 1.71. The van der Waals surface area contributed by atoms with E-state index in [4.69, 9.17) is 21.1 Å². The molecule has 1 fully saturated rings. The van der Waals surface area contributed by atoms with Gasteiger partial charge in [0.2, 0.25) is 0 Å². The number of amides is 2. The predicted octanol–water partition coefficient (Wildman–Crippen LogP) is 7.38. The highest BCUT2D eigenvalue weighted by Crippen LogP contribution is 2.35. The first kappa shape index (κ1) is 26.2. The van der Waals surface area contributed by atoms with Gasteiger partial charge in [-0.15, -0.1) is 0 Å². The Labute approximate surface area is 238 Å². The lowest BCUT2D eigenvalue weighted by atomic mass is 10.2. The van der Waals surface area contributed by atoms with Gasteiger partial charge in [0, 0.05) is 5.02 Å². The molecule has 5 nitrogen and oxygen atoms in total. The molecule has 0 unspecified atom stereocenters. The van der Waals surface area contributed by atoms with Crippen molar-refractivity contribution < 1.29 is 23.5 Å². The molecule has 1 saturated heterocycles. The van der Waals surface area contributed by atoms with Crippen molar-refractivity contribution in [3.8, 4) is 11.5 Å². The maximum atomic E-state index is 13.0. The largest absolute Gasteiger partial charge is 0.492 e. The van der Waals surface area contributed by atoms with Crippen LogP contribution in [0.5, 0.6) is 11.5 Å². The second-order valence-electron chi connectivity index (χ2n) is 7.36. The van der Waals surface area contributed by atoms with E-state index < -0.39 is 0 Å². The van der Waals surface area contributed by atoms with E-state index in [1.54, 1.807) is 6.08 Å². The van der Waals surface area contributed by atoms with Gasteiger partial charge >= 0.3 is 0 Å². The molecule has 3 aromatic rings. The van der Waals surface area contributed by atoms with Crippen LogP contribution in [0.2, 0.25) is 5.02 Å². The molecule has 0 spiro atoms. The fourth-order valence-electron chi connectivity index (χ4n) is 3.17. The van der Waals surface area contributed by atoms with Crippen molar-refractivity contribution >= 4 is 85.8 Å². The molecule has 0 aliphatic carbocycles. The number of imide groups is 1. The van der Waals surface area contributed by atoms with Crippen LogP contribution in [0.1, 0.15) is 11.1 Å². The van der Waals surface area contributed by atoms with E-state index in [1.807, 2.05) is 36.4 Å². The lowest BCUT2D eigenvalue weighted by Gasteiger charge is -2.13. The topological polar surface area (TPSA) is 55.8 Å². The Morgan fingerprint density at radius 3 is 2.29 bits per heavy atom. The number of benzene rings is 3. The average molecular weight is 736 g/mol. The molecule has 0 aromatic heterocycles. The second kappa shape index (κ2) is 11.9. The normalized spacial score (nSPS) is 14.6. The van der Waals surface area contributed by atoms with Gasteiger partial charge in [0.1, 0.15) is 30.5 Å². The number of rotatable bonds is 8. The summed E-state index contributed by atoms with van der Waals surface area (Å²) in [4.78, 5) is 26.7. The van der Waals surface area contributed by atoms with Gasteiger partial charge in [-0.25, -0.2) is 4.39 Å². The lowest BCUT2D eigenvalue weighted by Crippen LogP contribution is -2.32. The number of thioether (sulfide) groups is 1. The van der Waals surface area contributed by atoms with Crippen LogP contribution in [-0.4, -0.2) is 29.2 Å². The van der Waals surface area contributed by atoms with Crippen LogP contribution < -0.4 is 9.47 Å². The van der Waals surface area contributed by atoms with E-state index in [0.29, 0.717) is 22.3 Å².